The van der Waals surface area contributed by atoms with Crippen molar-refractivity contribution in [2.75, 3.05) is 14.2 Å². The zero-order valence-corrected chi connectivity index (χ0v) is 13.1. The average Bonchev–Trinajstić information content (AvgIpc) is 2.53. The van der Waals surface area contributed by atoms with Crippen LogP contribution in [0.25, 0.3) is 0 Å². The van der Waals surface area contributed by atoms with Crippen molar-refractivity contribution in [3.8, 4) is 5.75 Å². The molecular formula is C17H22O5. The molecule has 1 saturated carbocycles. The fraction of sp³-hybridized carbons (Fsp3) is 0.529. The summed E-state index contributed by atoms with van der Waals surface area (Å²) < 4.78 is 10.3. The number of hydrogen-bond acceptors (Lipinski definition) is 4. The van der Waals surface area contributed by atoms with Gasteiger partial charge in [0, 0.05) is 5.56 Å². The number of carbonyl (C=O) groups is 2. The standard InChI is InChI=1S/C17H22O5/c1-21-16-12(10-15(18)19)8-13(17(20)22-2)9-14(16)11-6-4-3-5-7-11/h8-9,11H,3-7,10H2,1-2H3,(H,18,19). The Balaban J connectivity index is 2.51. The van der Waals surface area contributed by atoms with Crippen LogP contribution in [0.4, 0.5) is 0 Å². The Morgan fingerprint density at radius 1 is 1.18 bits per heavy atom. The van der Waals surface area contributed by atoms with Crippen molar-refractivity contribution in [2.24, 2.45) is 0 Å². The summed E-state index contributed by atoms with van der Waals surface area (Å²) in [5.74, 6) is -0.496. The summed E-state index contributed by atoms with van der Waals surface area (Å²) in [6, 6.07) is 3.36. The molecule has 1 aliphatic rings. The second-order valence-electron chi connectivity index (χ2n) is 5.65. The van der Waals surface area contributed by atoms with E-state index in [1.54, 1.807) is 19.2 Å². The van der Waals surface area contributed by atoms with E-state index >= 15 is 0 Å². The van der Waals surface area contributed by atoms with Gasteiger partial charge in [0.25, 0.3) is 0 Å². The normalized spacial score (nSPS) is 15.4. The third-order valence-corrected chi connectivity index (χ3v) is 4.21. The number of carbonyl (C=O) groups excluding carboxylic acids is 1. The highest BCUT2D eigenvalue weighted by Gasteiger charge is 2.24. The Bertz CT molecular complexity index is 558. The second kappa shape index (κ2) is 7.29. The lowest BCUT2D eigenvalue weighted by molar-refractivity contribution is -0.136. The van der Waals surface area contributed by atoms with E-state index in [-0.39, 0.29) is 6.42 Å². The number of aliphatic carboxylic acids is 1. The van der Waals surface area contributed by atoms with Gasteiger partial charge >= 0.3 is 11.9 Å². The summed E-state index contributed by atoms with van der Waals surface area (Å²) in [4.78, 5) is 23.0. The predicted octanol–water partition coefficient (Wildman–Crippen LogP) is 3.16. The predicted molar refractivity (Wildman–Crippen MR) is 81.5 cm³/mol. The molecule has 1 N–H and O–H groups in total. The highest BCUT2D eigenvalue weighted by atomic mass is 16.5. The third kappa shape index (κ3) is 3.59. The lowest BCUT2D eigenvalue weighted by Gasteiger charge is -2.25. The number of esters is 1. The Morgan fingerprint density at radius 2 is 1.86 bits per heavy atom. The first-order chi connectivity index (χ1) is 10.6. The molecule has 1 aromatic rings. The molecule has 0 spiro atoms. The summed E-state index contributed by atoms with van der Waals surface area (Å²) in [6.07, 6.45) is 5.40. The maximum atomic E-state index is 11.9. The van der Waals surface area contributed by atoms with Gasteiger partial charge in [-0.2, -0.15) is 0 Å². The monoisotopic (exact) mass is 306 g/mol. The first-order valence-corrected chi connectivity index (χ1v) is 7.57. The van der Waals surface area contributed by atoms with Gasteiger partial charge in [-0.3, -0.25) is 4.79 Å². The maximum Gasteiger partial charge on any atom is 0.337 e. The van der Waals surface area contributed by atoms with Gasteiger partial charge in [0.15, 0.2) is 0 Å². The van der Waals surface area contributed by atoms with Crippen LogP contribution in [0.15, 0.2) is 12.1 Å². The van der Waals surface area contributed by atoms with Crippen molar-refractivity contribution in [2.45, 2.75) is 44.4 Å². The highest BCUT2D eigenvalue weighted by molar-refractivity contribution is 5.90. The van der Waals surface area contributed by atoms with Crippen LogP contribution in [0.3, 0.4) is 0 Å². The molecule has 0 heterocycles. The Kier molecular flexibility index (Phi) is 5.41. The topological polar surface area (TPSA) is 72.8 Å². The number of rotatable bonds is 5. The fourth-order valence-electron chi connectivity index (χ4n) is 3.21. The first-order valence-electron chi connectivity index (χ1n) is 7.57. The van der Waals surface area contributed by atoms with Crippen LogP contribution in [-0.4, -0.2) is 31.3 Å². The van der Waals surface area contributed by atoms with Gasteiger partial charge in [0.1, 0.15) is 5.75 Å². The van der Waals surface area contributed by atoms with Gasteiger partial charge in [0.2, 0.25) is 0 Å². The van der Waals surface area contributed by atoms with Crippen molar-refractivity contribution >= 4 is 11.9 Å². The first kappa shape index (κ1) is 16.3. The van der Waals surface area contributed by atoms with Crippen LogP contribution in [0.2, 0.25) is 0 Å². The van der Waals surface area contributed by atoms with Crippen molar-refractivity contribution in [1.29, 1.82) is 0 Å². The molecule has 0 bridgehead atoms. The molecule has 1 aromatic carbocycles. The van der Waals surface area contributed by atoms with E-state index in [1.165, 1.54) is 13.5 Å². The number of carboxylic acid groups (broad SMARTS) is 1. The summed E-state index contributed by atoms with van der Waals surface area (Å²) in [6.45, 7) is 0. The number of ether oxygens (including phenoxy) is 2. The van der Waals surface area contributed by atoms with Gasteiger partial charge < -0.3 is 14.6 Å². The molecule has 1 aliphatic carbocycles. The van der Waals surface area contributed by atoms with Crippen LogP contribution < -0.4 is 4.74 Å². The number of methoxy groups -OCH3 is 2. The van der Waals surface area contributed by atoms with Crippen LogP contribution in [-0.2, 0) is 16.0 Å². The molecule has 0 aliphatic heterocycles. The lowest BCUT2D eigenvalue weighted by atomic mass is 9.82. The summed E-state index contributed by atoms with van der Waals surface area (Å²) in [7, 11) is 2.87. The largest absolute Gasteiger partial charge is 0.496 e. The summed E-state index contributed by atoms with van der Waals surface area (Å²) >= 11 is 0. The fourth-order valence-corrected chi connectivity index (χ4v) is 3.21. The van der Waals surface area contributed by atoms with Crippen LogP contribution in [0.1, 0.15) is 59.5 Å². The van der Waals surface area contributed by atoms with Gasteiger partial charge in [-0.15, -0.1) is 0 Å². The Hall–Kier alpha value is -2.04. The highest BCUT2D eigenvalue weighted by Crippen LogP contribution is 2.40. The Labute approximate surface area is 130 Å². The van der Waals surface area contributed by atoms with Crippen molar-refractivity contribution < 1.29 is 24.2 Å². The van der Waals surface area contributed by atoms with Crippen molar-refractivity contribution in [1.82, 2.24) is 0 Å². The van der Waals surface area contributed by atoms with Gasteiger partial charge in [-0.25, -0.2) is 4.79 Å². The smallest absolute Gasteiger partial charge is 0.337 e. The second-order valence-corrected chi connectivity index (χ2v) is 5.65. The molecule has 5 heteroatoms. The number of hydrogen-bond donors (Lipinski definition) is 1. The Morgan fingerprint density at radius 3 is 2.41 bits per heavy atom. The summed E-state index contributed by atoms with van der Waals surface area (Å²) in [5.41, 5.74) is 1.85. The van der Waals surface area contributed by atoms with E-state index in [1.807, 2.05) is 0 Å². The zero-order valence-electron chi connectivity index (χ0n) is 13.1. The molecule has 0 amide bonds. The third-order valence-electron chi connectivity index (χ3n) is 4.21. The van der Waals surface area contributed by atoms with Crippen LogP contribution >= 0.6 is 0 Å². The molecule has 0 unspecified atom stereocenters. The van der Waals surface area contributed by atoms with Crippen LogP contribution in [0, 0.1) is 0 Å². The van der Waals surface area contributed by atoms with Gasteiger partial charge in [0.05, 0.1) is 26.2 Å². The van der Waals surface area contributed by atoms with Gasteiger partial charge in [-0.1, -0.05) is 19.3 Å². The minimum Gasteiger partial charge on any atom is -0.496 e. The quantitative estimate of drug-likeness (QED) is 0.846. The average molecular weight is 306 g/mol. The van der Waals surface area contributed by atoms with E-state index in [0.717, 1.165) is 31.2 Å². The SMILES string of the molecule is COC(=O)c1cc(CC(=O)O)c(OC)c(C2CCCCC2)c1. The molecular weight excluding hydrogens is 284 g/mol. The maximum absolute atomic E-state index is 11.9. The zero-order chi connectivity index (χ0) is 16.1. The molecule has 120 valence electrons. The molecule has 5 nitrogen and oxygen atoms in total. The molecule has 1 fully saturated rings. The molecule has 0 saturated heterocycles. The molecule has 0 radical (unpaired) electrons. The molecule has 0 atom stereocenters. The molecule has 0 aromatic heterocycles. The molecule has 22 heavy (non-hydrogen) atoms. The van der Waals surface area contributed by atoms with E-state index in [0.29, 0.717) is 22.8 Å². The van der Waals surface area contributed by atoms with E-state index in [2.05, 4.69) is 0 Å². The number of benzene rings is 1. The minimum atomic E-state index is -0.949. The lowest BCUT2D eigenvalue weighted by Crippen LogP contribution is -2.12. The molecule has 2 rings (SSSR count). The summed E-state index contributed by atoms with van der Waals surface area (Å²) in [5, 5.41) is 9.10. The minimum absolute atomic E-state index is 0.173. The van der Waals surface area contributed by atoms with Crippen molar-refractivity contribution in [3.63, 3.8) is 0 Å². The number of carboxylic acids is 1. The van der Waals surface area contributed by atoms with E-state index < -0.39 is 11.9 Å². The van der Waals surface area contributed by atoms with Gasteiger partial charge in [-0.05, 0) is 36.5 Å². The van der Waals surface area contributed by atoms with Crippen molar-refractivity contribution in [3.05, 3.63) is 28.8 Å². The van der Waals surface area contributed by atoms with E-state index in [4.69, 9.17) is 14.6 Å². The van der Waals surface area contributed by atoms with E-state index in [9.17, 15) is 9.59 Å². The van der Waals surface area contributed by atoms with Crippen LogP contribution in [0.5, 0.6) is 5.75 Å².